The Morgan fingerprint density at radius 3 is 2.12 bits per heavy atom. The number of nitrogens with zero attached hydrogens (tertiary/aromatic N) is 3. The number of nitrogens with two attached hydrogens (primary N) is 1. The van der Waals surface area contributed by atoms with Crippen LogP contribution in [0.25, 0.3) is 16.9 Å². The number of nitrogen functional groups attached to an aromatic ring is 1. The lowest BCUT2D eigenvalue weighted by Crippen LogP contribution is -2.31. The lowest BCUT2D eigenvalue weighted by Gasteiger charge is -2.28. The highest BCUT2D eigenvalue weighted by molar-refractivity contribution is 5.71. The fourth-order valence-electron chi connectivity index (χ4n) is 5.63. The van der Waals surface area contributed by atoms with Crippen molar-refractivity contribution in [1.82, 2.24) is 14.7 Å². The van der Waals surface area contributed by atoms with Crippen molar-refractivity contribution in [2.75, 3.05) is 12.3 Å². The molecule has 0 bridgehead atoms. The number of rotatable bonds is 6. The van der Waals surface area contributed by atoms with Gasteiger partial charge in [-0.05, 0) is 47.7 Å². The predicted octanol–water partition coefficient (Wildman–Crippen LogP) is 8.12. The van der Waals surface area contributed by atoms with Gasteiger partial charge in [0, 0.05) is 43.2 Å². The Hall–Kier alpha value is -3.93. The minimum atomic E-state index is -5.02. The van der Waals surface area contributed by atoms with E-state index in [-0.39, 0.29) is 54.6 Å². The normalized spacial score (nSPS) is 14.3. The monoisotopic (exact) mass is 608 g/mol. The fourth-order valence-corrected chi connectivity index (χ4v) is 5.63. The maximum absolute atomic E-state index is 15.5. The second-order valence-corrected chi connectivity index (χ2v) is 10.5. The summed E-state index contributed by atoms with van der Waals surface area (Å²) in [4.78, 5) is 1.63. The molecule has 0 saturated carbocycles. The van der Waals surface area contributed by atoms with E-state index in [4.69, 9.17) is 10.8 Å². The molecular weight excluding hydrogens is 580 g/mol. The molecule has 4 aromatic rings. The first-order chi connectivity index (χ1) is 20.2. The first-order valence-electron chi connectivity index (χ1n) is 13.7. The molecular formula is C31H28F8N4. The molecule has 0 atom stereocenters. The summed E-state index contributed by atoms with van der Waals surface area (Å²) < 4.78 is 113. The number of aryl methyl sites for hydroxylation is 2. The topological polar surface area (TPSA) is 47.1 Å². The summed E-state index contributed by atoms with van der Waals surface area (Å²) >= 11 is 0. The van der Waals surface area contributed by atoms with Crippen molar-refractivity contribution in [2.45, 2.75) is 58.6 Å². The van der Waals surface area contributed by atoms with Crippen molar-refractivity contribution in [3.05, 3.63) is 99.2 Å². The van der Waals surface area contributed by atoms with Crippen LogP contribution < -0.4 is 5.73 Å². The van der Waals surface area contributed by atoms with Gasteiger partial charge < -0.3 is 5.73 Å². The highest BCUT2D eigenvalue weighted by Crippen LogP contribution is 2.40. The molecule has 228 valence electrons. The standard InChI is InChI=1S/C31H28F8N4/c1-3-17-6-5-7-18(4-2)28(17)43-29(21-13-25(33)26(40)14-24(21)32)22-16-42(11-10-27(22)41-43)15-19-8-9-20(30(34,35)36)12-23(19)31(37,38)39/h5-9,12-14H,3-4,10-11,15-16,40H2,1-2H3. The van der Waals surface area contributed by atoms with Crippen molar-refractivity contribution in [2.24, 2.45) is 0 Å². The van der Waals surface area contributed by atoms with Crippen LogP contribution in [-0.4, -0.2) is 21.2 Å². The lowest BCUT2D eigenvalue weighted by molar-refractivity contribution is -0.143. The lowest BCUT2D eigenvalue weighted by atomic mass is 9.97. The maximum atomic E-state index is 15.5. The number of para-hydroxylation sites is 1. The number of aromatic nitrogens is 2. The largest absolute Gasteiger partial charge is 0.416 e. The number of fused-ring (bicyclic) bond motifs is 1. The van der Waals surface area contributed by atoms with Gasteiger partial charge in [-0.25, -0.2) is 13.5 Å². The van der Waals surface area contributed by atoms with Crippen LogP contribution in [0.15, 0.2) is 48.5 Å². The average Bonchev–Trinajstić information content (AvgIpc) is 3.31. The molecule has 2 heterocycles. The molecule has 2 N–H and O–H groups in total. The van der Waals surface area contributed by atoms with Gasteiger partial charge in [0.2, 0.25) is 0 Å². The third-order valence-corrected chi connectivity index (χ3v) is 7.77. The molecule has 0 unspecified atom stereocenters. The van der Waals surface area contributed by atoms with E-state index in [9.17, 15) is 30.7 Å². The number of hydrogen-bond acceptors (Lipinski definition) is 3. The van der Waals surface area contributed by atoms with E-state index < -0.39 is 35.1 Å². The molecule has 5 rings (SSSR count). The molecule has 0 spiro atoms. The quantitative estimate of drug-likeness (QED) is 0.178. The Bertz CT molecular complexity index is 1650. The number of alkyl halides is 6. The zero-order valence-electron chi connectivity index (χ0n) is 23.3. The van der Waals surface area contributed by atoms with Crippen LogP contribution in [-0.2, 0) is 44.7 Å². The molecule has 0 fully saturated rings. The molecule has 4 nitrogen and oxygen atoms in total. The fraction of sp³-hybridized carbons (Fsp3) is 0.323. The minimum absolute atomic E-state index is 0.00414. The molecule has 0 amide bonds. The van der Waals surface area contributed by atoms with Crippen molar-refractivity contribution in [3.63, 3.8) is 0 Å². The van der Waals surface area contributed by atoms with Crippen molar-refractivity contribution < 1.29 is 35.1 Å². The van der Waals surface area contributed by atoms with Crippen LogP contribution >= 0.6 is 0 Å². The van der Waals surface area contributed by atoms with Gasteiger partial charge in [-0.2, -0.15) is 31.4 Å². The molecule has 1 aliphatic rings. The Balaban J connectivity index is 1.64. The van der Waals surface area contributed by atoms with Gasteiger partial charge in [0.15, 0.2) is 0 Å². The van der Waals surface area contributed by atoms with Crippen LogP contribution in [0.3, 0.4) is 0 Å². The van der Waals surface area contributed by atoms with E-state index in [2.05, 4.69) is 0 Å². The molecule has 0 saturated heterocycles. The van der Waals surface area contributed by atoms with Gasteiger partial charge in [-0.3, -0.25) is 4.90 Å². The minimum Gasteiger partial charge on any atom is -0.396 e. The Morgan fingerprint density at radius 2 is 1.51 bits per heavy atom. The smallest absolute Gasteiger partial charge is 0.396 e. The van der Waals surface area contributed by atoms with Gasteiger partial charge in [0.1, 0.15) is 11.6 Å². The van der Waals surface area contributed by atoms with E-state index in [0.717, 1.165) is 29.3 Å². The van der Waals surface area contributed by atoms with Gasteiger partial charge in [0.25, 0.3) is 0 Å². The van der Waals surface area contributed by atoms with E-state index >= 15 is 4.39 Å². The zero-order chi connectivity index (χ0) is 31.3. The molecule has 0 radical (unpaired) electrons. The first kappa shape index (κ1) is 30.5. The number of benzene rings is 3. The molecule has 12 heteroatoms. The van der Waals surface area contributed by atoms with Gasteiger partial charge in [-0.1, -0.05) is 38.1 Å². The second kappa shape index (κ2) is 11.3. The van der Waals surface area contributed by atoms with Crippen molar-refractivity contribution >= 4 is 5.69 Å². The summed E-state index contributed by atoms with van der Waals surface area (Å²) in [6, 6.07) is 9.17. The zero-order valence-corrected chi connectivity index (χ0v) is 23.3. The summed E-state index contributed by atoms with van der Waals surface area (Å²) in [5, 5.41) is 4.81. The summed E-state index contributed by atoms with van der Waals surface area (Å²) in [7, 11) is 0. The van der Waals surface area contributed by atoms with E-state index in [0.29, 0.717) is 35.9 Å². The Kier molecular flexibility index (Phi) is 8.02. The molecule has 0 aliphatic carbocycles. The van der Waals surface area contributed by atoms with Crippen LogP contribution in [0.5, 0.6) is 0 Å². The van der Waals surface area contributed by atoms with Crippen LogP contribution in [0.1, 0.15) is 52.9 Å². The second-order valence-electron chi connectivity index (χ2n) is 10.5. The van der Waals surface area contributed by atoms with Gasteiger partial charge in [0.05, 0.1) is 33.9 Å². The Morgan fingerprint density at radius 1 is 0.837 bits per heavy atom. The highest BCUT2D eigenvalue weighted by Gasteiger charge is 2.39. The number of hydrogen-bond donors (Lipinski definition) is 1. The summed E-state index contributed by atoms with van der Waals surface area (Å²) in [5.41, 5.74) is 5.86. The summed E-state index contributed by atoms with van der Waals surface area (Å²) in [6.07, 6.45) is -8.45. The summed E-state index contributed by atoms with van der Waals surface area (Å²) in [6.45, 7) is 3.84. The molecule has 43 heavy (non-hydrogen) atoms. The maximum Gasteiger partial charge on any atom is 0.416 e. The third-order valence-electron chi connectivity index (χ3n) is 7.77. The average molecular weight is 609 g/mol. The molecule has 1 aliphatic heterocycles. The van der Waals surface area contributed by atoms with E-state index in [1.807, 2.05) is 32.0 Å². The van der Waals surface area contributed by atoms with Gasteiger partial charge >= 0.3 is 12.4 Å². The highest BCUT2D eigenvalue weighted by atomic mass is 19.4. The van der Waals surface area contributed by atoms with Crippen molar-refractivity contribution in [1.29, 1.82) is 0 Å². The number of anilines is 1. The van der Waals surface area contributed by atoms with E-state index in [1.54, 1.807) is 9.58 Å². The van der Waals surface area contributed by atoms with Gasteiger partial charge in [-0.15, -0.1) is 0 Å². The van der Waals surface area contributed by atoms with Crippen LogP contribution in [0.2, 0.25) is 0 Å². The van der Waals surface area contributed by atoms with Crippen LogP contribution in [0, 0.1) is 11.6 Å². The number of halogens is 8. The van der Waals surface area contributed by atoms with Crippen molar-refractivity contribution in [3.8, 4) is 16.9 Å². The van der Waals surface area contributed by atoms with E-state index in [1.165, 1.54) is 0 Å². The summed E-state index contributed by atoms with van der Waals surface area (Å²) in [5.74, 6) is -1.64. The SMILES string of the molecule is CCc1cccc(CC)c1-n1nc2c(c1-c1cc(F)c(N)cc1F)CN(Cc1ccc(C(F)(F)F)cc1C(F)(F)F)CC2. The van der Waals surface area contributed by atoms with Crippen LogP contribution in [0.4, 0.5) is 40.8 Å². The Labute approximate surface area is 242 Å². The molecule has 3 aromatic carbocycles. The third kappa shape index (κ3) is 5.84. The predicted molar refractivity (Wildman–Crippen MR) is 146 cm³/mol. The molecule has 1 aromatic heterocycles. The first-order valence-corrected chi connectivity index (χ1v) is 13.7.